The van der Waals surface area contributed by atoms with E-state index in [1.165, 1.54) is 0 Å². The fourth-order valence-electron chi connectivity index (χ4n) is 2.16. The van der Waals surface area contributed by atoms with Crippen LogP contribution in [0.1, 0.15) is 37.0 Å². The molecule has 0 radical (unpaired) electrons. The summed E-state index contributed by atoms with van der Waals surface area (Å²) in [7, 11) is 0. The van der Waals surface area contributed by atoms with Crippen molar-refractivity contribution in [3.05, 3.63) is 33.8 Å². The largest absolute Gasteiger partial charge is 0.481 e. The predicted molar refractivity (Wildman–Crippen MR) is 84.0 cm³/mol. The standard InChI is InChI=1S/C15H19Cl2NO3/c1-9(2)6-10(7-13(19)20)8-18-15(21)11-4-3-5-12(16)14(11)17/h3-5,9-10H,6-8H2,1-2H3,(H,18,21)(H,19,20)/t10-/m0/s1. The number of aliphatic carboxylic acids is 1. The molecule has 21 heavy (non-hydrogen) atoms. The molecule has 1 rings (SSSR count). The number of rotatable bonds is 7. The third-order valence-electron chi connectivity index (χ3n) is 3.02. The van der Waals surface area contributed by atoms with Crippen LogP contribution >= 0.6 is 23.2 Å². The highest BCUT2D eigenvalue weighted by atomic mass is 35.5. The number of carboxylic acids is 1. The van der Waals surface area contributed by atoms with Gasteiger partial charge in [0.15, 0.2) is 0 Å². The molecule has 1 aromatic carbocycles. The summed E-state index contributed by atoms with van der Waals surface area (Å²) >= 11 is 11.9. The van der Waals surface area contributed by atoms with E-state index in [4.69, 9.17) is 28.3 Å². The Bertz CT molecular complexity index is 518. The second kappa shape index (κ2) is 8.25. The lowest BCUT2D eigenvalue weighted by Gasteiger charge is -2.18. The van der Waals surface area contributed by atoms with E-state index in [1.54, 1.807) is 18.2 Å². The van der Waals surface area contributed by atoms with Crippen molar-refractivity contribution in [2.75, 3.05) is 6.54 Å². The van der Waals surface area contributed by atoms with Crippen molar-refractivity contribution >= 4 is 35.1 Å². The van der Waals surface area contributed by atoms with Gasteiger partial charge in [-0.1, -0.05) is 43.1 Å². The second-order valence-corrected chi connectivity index (χ2v) is 6.19. The van der Waals surface area contributed by atoms with Crippen molar-refractivity contribution in [2.45, 2.75) is 26.7 Å². The monoisotopic (exact) mass is 331 g/mol. The summed E-state index contributed by atoms with van der Waals surface area (Å²) in [5, 5.41) is 12.2. The smallest absolute Gasteiger partial charge is 0.303 e. The van der Waals surface area contributed by atoms with E-state index in [1.807, 2.05) is 13.8 Å². The molecule has 1 amide bonds. The number of hydrogen-bond donors (Lipinski definition) is 2. The molecule has 4 nitrogen and oxygen atoms in total. The van der Waals surface area contributed by atoms with Gasteiger partial charge in [-0.05, 0) is 30.4 Å². The third kappa shape index (κ3) is 5.94. The molecule has 0 spiro atoms. The van der Waals surface area contributed by atoms with Crippen LogP contribution in [0.5, 0.6) is 0 Å². The fraction of sp³-hybridized carbons (Fsp3) is 0.467. The average molecular weight is 332 g/mol. The second-order valence-electron chi connectivity index (χ2n) is 5.40. The van der Waals surface area contributed by atoms with Crippen LogP contribution in [0.15, 0.2) is 18.2 Å². The molecule has 0 heterocycles. The Balaban J connectivity index is 2.68. The van der Waals surface area contributed by atoms with Gasteiger partial charge in [0.2, 0.25) is 0 Å². The Morgan fingerprint density at radius 3 is 2.52 bits per heavy atom. The quantitative estimate of drug-likeness (QED) is 0.797. The number of benzene rings is 1. The van der Waals surface area contributed by atoms with Gasteiger partial charge in [0.05, 0.1) is 15.6 Å². The number of carbonyl (C=O) groups excluding carboxylic acids is 1. The van der Waals surface area contributed by atoms with Crippen LogP contribution in [-0.4, -0.2) is 23.5 Å². The molecule has 0 unspecified atom stereocenters. The van der Waals surface area contributed by atoms with Gasteiger partial charge in [0, 0.05) is 13.0 Å². The number of hydrogen-bond acceptors (Lipinski definition) is 2. The summed E-state index contributed by atoms with van der Waals surface area (Å²) in [6.07, 6.45) is 0.762. The lowest BCUT2D eigenvalue weighted by atomic mass is 9.94. The molecule has 0 aliphatic carbocycles. The molecule has 2 N–H and O–H groups in total. The van der Waals surface area contributed by atoms with Gasteiger partial charge < -0.3 is 10.4 Å². The zero-order chi connectivity index (χ0) is 16.0. The highest BCUT2D eigenvalue weighted by molar-refractivity contribution is 6.43. The highest BCUT2D eigenvalue weighted by Crippen LogP contribution is 2.25. The maximum Gasteiger partial charge on any atom is 0.303 e. The van der Waals surface area contributed by atoms with Gasteiger partial charge in [0.1, 0.15) is 0 Å². The van der Waals surface area contributed by atoms with Crippen LogP contribution in [0.25, 0.3) is 0 Å². The maximum absolute atomic E-state index is 12.1. The van der Waals surface area contributed by atoms with Crippen molar-refractivity contribution in [2.24, 2.45) is 11.8 Å². The Morgan fingerprint density at radius 1 is 1.29 bits per heavy atom. The maximum atomic E-state index is 12.1. The van der Waals surface area contributed by atoms with Crippen molar-refractivity contribution in [3.63, 3.8) is 0 Å². The number of carboxylic acid groups (broad SMARTS) is 1. The molecular weight excluding hydrogens is 313 g/mol. The minimum atomic E-state index is -0.865. The normalized spacial score (nSPS) is 12.2. The van der Waals surface area contributed by atoms with E-state index >= 15 is 0 Å². The average Bonchev–Trinajstić information content (AvgIpc) is 2.37. The molecule has 6 heteroatoms. The summed E-state index contributed by atoms with van der Waals surface area (Å²) < 4.78 is 0. The highest BCUT2D eigenvalue weighted by Gasteiger charge is 2.18. The third-order valence-corrected chi connectivity index (χ3v) is 3.83. The Labute approximate surface area is 134 Å². The van der Waals surface area contributed by atoms with Gasteiger partial charge >= 0.3 is 5.97 Å². The molecule has 0 fully saturated rings. The molecule has 0 aliphatic rings. The summed E-state index contributed by atoms with van der Waals surface area (Å²) in [6.45, 7) is 4.33. The van der Waals surface area contributed by atoms with Crippen LogP contribution < -0.4 is 5.32 Å². The van der Waals surface area contributed by atoms with Crippen LogP contribution in [0.2, 0.25) is 10.0 Å². The Kier molecular flexibility index (Phi) is 6.99. The van der Waals surface area contributed by atoms with E-state index in [-0.39, 0.29) is 23.3 Å². The lowest BCUT2D eigenvalue weighted by molar-refractivity contribution is -0.138. The van der Waals surface area contributed by atoms with Crippen LogP contribution in [0.4, 0.5) is 0 Å². The summed E-state index contributed by atoms with van der Waals surface area (Å²) in [5.41, 5.74) is 0.294. The Morgan fingerprint density at radius 2 is 1.95 bits per heavy atom. The van der Waals surface area contributed by atoms with E-state index in [9.17, 15) is 9.59 Å². The van der Waals surface area contributed by atoms with Crippen LogP contribution in [-0.2, 0) is 4.79 Å². The molecule has 116 valence electrons. The number of nitrogens with one attached hydrogen (secondary N) is 1. The lowest BCUT2D eigenvalue weighted by Crippen LogP contribution is -2.31. The molecule has 0 aromatic heterocycles. The van der Waals surface area contributed by atoms with Crippen molar-refractivity contribution in [1.82, 2.24) is 5.32 Å². The van der Waals surface area contributed by atoms with Gasteiger partial charge in [0.25, 0.3) is 5.91 Å². The van der Waals surface area contributed by atoms with Gasteiger partial charge in [-0.2, -0.15) is 0 Å². The van der Waals surface area contributed by atoms with Crippen molar-refractivity contribution in [1.29, 1.82) is 0 Å². The molecule has 0 saturated carbocycles. The van der Waals surface area contributed by atoms with E-state index in [0.717, 1.165) is 6.42 Å². The number of halogens is 2. The number of amides is 1. The first-order valence-electron chi connectivity index (χ1n) is 6.75. The van der Waals surface area contributed by atoms with E-state index in [2.05, 4.69) is 5.32 Å². The first-order valence-corrected chi connectivity index (χ1v) is 7.50. The summed E-state index contributed by atoms with van der Waals surface area (Å²) in [5.74, 6) is -0.956. The molecular formula is C15H19Cl2NO3. The molecule has 1 aromatic rings. The molecule has 0 saturated heterocycles. The zero-order valence-electron chi connectivity index (χ0n) is 12.0. The summed E-state index contributed by atoms with van der Waals surface area (Å²) in [4.78, 5) is 22.9. The first kappa shape index (κ1) is 17.8. The molecule has 0 bridgehead atoms. The minimum absolute atomic E-state index is 0.0295. The Hall–Kier alpha value is -1.26. The van der Waals surface area contributed by atoms with Gasteiger partial charge in [-0.3, -0.25) is 9.59 Å². The predicted octanol–water partition coefficient (Wildman–Crippen LogP) is 3.86. The van der Waals surface area contributed by atoms with Gasteiger partial charge in [-0.25, -0.2) is 0 Å². The van der Waals surface area contributed by atoms with E-state index < -0.39 is 5.97 Å². The summed E-state index contributed by atoms with van der Waals surface area (Å²) in [6, 6.07) is 4.83. The van der Waals surface area contributed by atoms with Crippen LogP contribution in [0, 0.1) is 11.8 Å². The molecule has 0 aliphatic heterocycles. The van der Waals surface area contributed by atoms with Crippen LogP contribution in [0.3, 0.4) is 0 Å². The number of carbonyl (C=O) groups is 2. The SMILES string of the molecule is CC(C)C[C@H](CNC(=O)c1cccc(Cl)c1Cl)CC(=O)O. The minimum Gasteiger partial charge on any atom is -0.481 e. The van der Waals surface area contributed by atoms with Gasteiger partial charge in [-0.15, -0.1) is 0 Å². The first-order chi connectivity index (χ1) is 9.81. The van der Waals surface area contributed by atoms with E-state index in [0.29, 0.717) is 23.0 Å². The topological polar surface area (TPSA) is 66.4 Å². The van der Waals surface area contributed by atoms with Crippen molar-refractivity contribution < 1.29 is 14.7 Å². The fourth-order valence-corrected chi connectivity index (χ4v) is 2.55. The zero-order valence-corrected chi connectivity index (χ0v) is 13.5. The van der Waals surface area contributed by atoms with Crippen molar-refractivity contribution in [3.8, 4) is 0 Å². The molecule has 1 atom stereocenters.